The van der Waals surface area contributed by atoms with Gasteiger partial charge in [-0.3, -0.25) is 0 Å². The van der Waals surface area contributed by atoms with Crippen LogP contribution >= 0.6 is 0 Å². The Morgan fingerprint density at radius 2 is 1.79 bits per heavy atom. The smallest absolute Gasteiger partial charge is 0.0730 e. The van der Waals surface area contributed by atoms with E-state index in [1.54, 1.807) is 0 Å². The van der Waals surface area contributed by atoms with Crippen LogP contribution in [-0.2, 0) is 11.3 Å². The molecule has 2 heteroatoms. The Hall–Kier alpha value is -1.38. The predicted octanol–water partition coefficient (Wildman–Crippen LogP) is 3.63. The number of ether oxygens (including phenoxy) is 1. The highest BCUT2D eigenvalue weighted by Crippen LogP contribution is 2.23. The Morgan fingerprint density at radius 3 is 2.68 bits per heavy atom. The van der Waals surface area contributed by atoms with Crippen LogP contribution in [0.1, 0.15) is 31.2 Å². The zero-order valence-electron chi connectivity index (χ0n) is 11.2. The summed E-state index contributed by atoms with van der Waals surface area (Å²) >= 11 is 0. The number of hydrogen-bond acceptors (Lipinski definition) is 2. The van der Waals surface area contributed by atoms with Gasteiger partial charge in [0.1, 0.15) is 0 Å². The van der Waals surface area contributed by atoms with Gasteiger partial charge in [0.15, 0.2) is 0 Å². The summed E-state index contributed by atoms with van der Waals surface area (Å²) < 4.78 is 6.06. The molecule has 0 bridgehead atoms. The molecule has 19 heavy (non-hydrogen) atoms. The summed E-state index contributed by atoms with van der Waals surface area (Å²) in [6.07, 6.45) is 4.92. The quantitative estimate of drug-likeness (QED) is 0.909. The van der Waals surface area contributed by atoms with Gasteiger partial charge in [0.2, 0.25) is 0 Å². The van der Waals surface area contributed by atoms with E-state index in [4.69, 9.17) is 10.5 Å². The van der Waals surface area contributed by atoms with Gasteiger partial charge < -0.3 is 10.5 Å². The van der Waals surface area contributed by atoms with Crippen molar-refractivity contribution in [1.82, 2.24) is 0 Å². The number of benzene rings is 2. The van der Waals surface area contributed by atoms with Crippen LogP contribution in [0.5, 0.6) is 0 Å². The van der Waals surface area contributed by atoms with Crippen LogP contribution < -0.4 is 5.73 Å². The highest BCUT2D eigenvalue weighted by molar-refractivity contribution is 5.85. The van der Waals surface area contributed by atoms with Gasteiger partial charge in [-0.15, -0.1) is 0 Å². The van der Waals surface area contributed by atoms with E-state index >= 15 is 0 Å². The first-order chi connectivity index (χ1) is 9.34. The average molecular weight is 255 g/mol. The van der Waals surface area contributed by atoms with Gasteiger partial charge in [-0.25, -0.2) is 0 Å². The SMILES string of the molecule is NC1CCCCC1OCc1cccc2ccccc12. The minimum absolute atomic E-state index is 0.212. The Morgan fingerprint density at radius 1 is 1.00 bits per heavy atom. The Bertz CT molecular complexity index is 546. The van der Waals surface area contributed by atoms with E-state index in [0.29, 0.717) is 6.61 Å². The molecule has 0 radical (unpaired) electrons. The normalized spacial score (nSPS) is 23.6. The monoisotopic (exact) mass is 255 g/mol. The molecule has 2 atom stereocenters. The fourth-order valence-corrected chi connectivity index (χ4v) is 2.95. The molecule has 100 valence electrons. The van der Waals surface area contributed by atoms with Gasteiger partial charge in [0, 0.05) is 6.04 Å². The van der Waals surface area contributed by atoms with E-state index in [9.17, 15) is 0 Å². The van der Waals surface area contributed by atoms with Crippen LogP contribution in [-0.4, -0.2) is 12.1 Å². The van der Waals surface area contributed by atoms with Crippen LogP contribution in [0, 0.1) is 0 Å². The molecule has 1 saturated carbocycles. The number of fused-ring (bicyclic) bond motifs is 1. The average Bonchev–Trinajstić information content (AvgIpc) is 2.46. The molecule has 1 aliphatic carbocycles. The van der Waals surface area contributed by atoms with Crippen molar-refractivity contribution in [1.29, 1.82) is 0 Å². The molecule has 1 fully saturated rings. The molecule has 0 heterocycles. The van der Waals surface area contributed by atoms with Crippen molar-refractivity contribution < 1.29 is 4.74 Å². The molecule has 0 saturated heterocycles. The molecule has 0 aliphatic heterocycles. The summed E-state index contributed by atoms with van der Waals surface area (Å²) in [7, 11) is 0. The van der Waals surface area contributed by atoms with E-state index < -0.39 is 0 Å². The lowest BCUT2D eigenvalue weighted by Gasteiger charge is -2.28. The van der Waals surface area contributed by atoms with E-state index in [1.807, 2.05) is 0 Å². The maximum absolute atomic E-state index is 6.13. The lowest BCUT2D eigenvalue weighted by Crippen LogP contribution is -2.39. The summed E-state index contributed by atoms with van der Waals surface area (Å²) in [5.74, 6) is 0. The van der Waals surface area contributed by atoms with E-state index in [2.05, 4.69) is 42.5 Å². The number of hydrogen-bond donors (Lipinski definition) is 1. The van der Waals surface area contributed by atoms with Crippen LogP contribution in [0.15, 0.2) is 42.5 Å². The lowest BCUT2D eigenvalue weighted by molar-refractivity contribution is 0.00455. The van der Waals surface area contributed by atoms with E-state index in [0.717, 1.165) is 12.8 Å². The first kappa shape index (κ1) is 12.6. The molecule has 2 unspecified atom stereocenters. The fraction of sp³-hybridized carbons (Fsp3) is 0.412. The third kappa shape index (κ3) is 2.80. The Balaban J connectivity index is 1.74. The molecule has 1 aliphatic rings. The Kier molecular flexibility index (Phi) is 3.81. The number of nitrogens with two attached hydrogens (primary N) is 1. The third-order valence-electron chi connectivity index (χ3n) is 4.09. The molecule has 2 nitrogen and oxygen atoms in total. The molecule has 2 aromatic rings. The van der Waals surface area contributed by atoms with E-state index in [1.165, 1.54) is 29.2 Å². The molecule has 2 N–H and O–H groups in total. The van der Waals surface area contributed by atoms with Gasteiger partial charge >= 0.3 is 0 Å². The third-order valence-corrected chi connectivity index (χ3v) is 4.09. The maximum Gasteiger partial charge on any atom is 0.0730 e. The summed E-state index contributed by atoms with van der Waals surface area (Å²) in [4.78, 5) is 0. The predicted molar refractivity (Wildman–Crippen MR) is 79.0 cm³/mol. The molecule has 0 aromatic heterocycles. The zero-order valence-corrected chi connectivity index (χ0v) is 11.2. The minimum Gasteiger partial charge on any atom is -0.372 e. The molecular weight excluding hydrogens is 234 g/mol. The van der Waals surface area contributed by atoms with Gasteiger partial charge in [0.05, 0.1) is 12.7 Å². The van der Waals surface area contributed by atoms with Crippen molar-refractivity contribution in [2.45, 2.75) is 44.4 Å². The summed E-state index contributed by atoms with van der Waals surface area (Å²) in [6.45, 7) is 0.666. The van der Waals surface area contributed by atoms with Gasteiger partial charge in [-0.2, -0.15) is 0 Å². The number of rotatable bonds is 3. The minimum atomic E-state index is 0.212. The largest absolute Gasteiger partial charge is 0.372 e. The lowest BCUT2D eigenvalue weighted by atomic mass is 9.93. The molecule has 3 rings (SSSR count). The summed E-state index contributed by atoms with van der Waals surface area (Å²) in [5, 5.41) is 2.56. The second-order valence-corrected chi connectivity index (χ2v) is 5.44. The van der Waals surface area contributed by atoms with Crippen molar-refractivity contribution in [3.63, 3.8) is 0 Å². The second-order valence-electron chi connectivity index (χ2n) is 5.44. The first-order valence-electron chi connectivity index (χ1n) is 7.18. The molecule has 2 aromatic carbocycles. The standard InChI is InChI=1S/C17H21NO/c18-16-10-3-4-11-17(16)19-12-14-8-5-7-13-6-1-2-9-15(13)14/h1-2,5-9,16-17H,3-4,10-12,18H2. The fourth-order valence-electron chi connectivity index (χ4n) is 2.95. The van der Waals surface area contributed by atoms with Gasteiger partial charge in [-0.1, -0.05) is 55.3 Å². The molecule has 0 spiro atoms. The summed E-state index contributed by atoms with van der Waals surface area (Å²) in [6, 6.07) is 15.1. The summed E-state index contributed by atoms with van der Waals surface area (Å²) in [5.41, 5.74) is 7.39. The van der Waals surface area contributed by atoms with Crippen LogP contribution in [0.4, 0.5) is 0 Å². The maximum atomic E-state index is 6.13. The first-order valence-corrected chi connectivity index (χ1v) is 7.18. The molecule has 0 amide bonds. The second kappa shape index (κ2) is 5.72. The van der Waals surface area contributed by atoms with Crippen LogP contribution in [0.25, 0.3) is 10.8 Å². The van der Waals surface area contributed by atoms with Crippen molar-refractivity contribution in [2.75, 3.05) is 0 Å². The van der Waals surface area contributed by atoms with Crippen LogP contribution in [0.2, 0.25) is 0 Å². The van der Waals surface area contributed by atoms with Crippen LogP contribution in [0.3, 0.4) is 0 Å². The van der Waals surface area contributed by atoms with Crippen molar-refractivity contribution in [2.24, 2.45) is 5.73 Å². The van der Waals surface area contributed by atoms with Crippen molar-refractivity contribution in [3.8, 4) is 0 Å². The van der Waals surface area contributed by atoms with Crippen molar-refractivity contribution in [3.05, 3.63) is 48.0 Å². The van der Waals surface area contributed by atoms with Crippen molar-refractivity contribution >= 4 is 10.8 Å². The zero-order chi connectivity index (χ0) is 13.1. The van der Waals surface area contributed by atoms with Gasteiger partial charge in [0.25, 0.3) is 0 Å². The Labute approximate surface area is 114 Å². The highest BCUT2D eigenvalue weighted by atomic mass is 16.5. The van der Waals surface area contributed by atoms with E-state index in [-0.39, 0.29) is 12.1 Å². The molecular formula is C17H21NO. The topological polar surface area (TPSA) is 35.2 Å². The van der Waals surface area contributed by atoms with Gasteiger partial charge in [-0.05, 0) is 29.2 Å². The highest BCUT2D eigenvalue weighted by Gasteiger charge is 2.22.